The standard InChI is InChI=1S/C50H54/c1-47(2,3)35-17-18-39-33(21-35)26-42-40-24-29-13-15-31-19-36(48(4,5)6)22-34-23-37(49(7,8)9)20-32(45(31)34)16-14-30(29)25-41(40)44-28-38(50(10,11)12)27-43(39)46(42)44/h13-20,22-28,35H,21H2,1-12H3. The van der Waals surface area contributed by atoms with Gasteiger partial charge in [0.25, 0.3) is 0 Å². The Balaban J connectivity index is 1.50. The van der Waals surface area contributed by atoms with Gasteiger partial charge in [-0.25, -0.2) is 0 Å². The molecular formula is C50H54. The van der Waals surface area contributed by atoms with Gasteiger partial charge < -0.3 is 0 Å². The van der Waals surface area contributed by atoms with Gasteiger partial charge in [0.05, 0.1) is 0 Å². The fourth-order valence-electron chi connectivity index (χ4n) is 8.42. The van der Waals surface area contributed by atoms with Crippen LogP contribution in [0.4, 0.5) is 0 Å². The van der Waals surface area contributed by atoms with Crippen molar-refractivity contribution in [3.63, 3.8) is 0 Å². The Bertz CT molecular complexity index is 2570. The van der Waals surface area contributed by atoms with Crippen LogP contribution in [0.15, 0.2) is 84.9 Å². The van der Waals surface area contributed by atoms with Crippen LogP contribution in [0.5, 0.6) is 0 Å². The first-order valence-corrected chi connectivity index (χ1v) is 18.8. The number of fused-ring (bicyclic) bond motifs is 6. The zero-order valence-corrected chi connectivity index (χ0v) is 32.4. The Kier molecular flexibility index (Phi) is 7.05. The Hall–Kier alpha value is -4.16. The highest BCUT2D eigenvalue weighted by Gasteiger charge is 2.29. The minimum absolute atomic E-state index is 0.0496. The van der Waals surface area contributed by atoms with Crippen molar-refractivity contribution in [3.8, 4) is 0 Å². The van der Waals surface area contributed by atoms with Crippen molar-refractivity contribution in [1.29, 1.82) is 0 Å². The van der Waals surface area contributed by atoms with E-state index in [-0.39, 0.29) is 21.7 Å². The monoisotopic (exact) mass is 654 g/mol. The van der Waals surface area contributed by atoms with E-state index >= 15 is 0 Å². The summed E-state index contributed by atoms with van der Waals surface area (Å²) in [5.41, 5.74) is 7.47. The molecule has 0 spiro atoms. The van der Waals surface area contributed by atoms with E-state index in [9.17, 15) is 0 Å². The number of allylic oxidation sites excluding steroid dienone is 1. The first-order valence-electron chi connectivity index (χ1n) is 18.8. The molecule has 1 aliphatic carbocycles. The van der Waals surface area contributed by atoms with Crippen LogP contribution in [0.2, 0.25) is 0 Å². The quantitative estimate of drug-likeness (QED) is 0.153. The van der Waals surface area contributed by atoms with Gasteiger partial charge in [0.1, 0.15) is 0 Å². The zero-order chi connectivity index (χ0) is 35.7. The second kappa shape index (κ2) is 10.7. The van der Waals surface area contributed by atoms with Crippen molar-refractivity contribution in [2.75, 3.05) is 0 Å². The summed E-state index contributed by atoms with van der Waals surface area (Å²) >= 11 is 0. The van der Waals surface area contributed by atoms with E-state index in [0.29, 0.717) is 5.92 Å². The molecule has 0 N–H and O–H groups in total. The highest BCUT2D eigenvalue weighted by Crippen LogP contribution is 2.47. The van der Waals surface area contributed by atoms with E-state index < -0.39 is 0 Å². The van der Waals surface area contributed by atoms with E-state index in [1.807, 2.05) is 0 Å². The first kappa shape index (κ1) is 33.0. The van der Waals surface area contributed by atoms with Crippen LogP contribution in [0.1, 0.15) is 111 Å². The predicted molar refractivity (Wildman–Crippen MR) is 223 cm³/mol. The van der Waals surface area contributed by atoms with Crippen LogP contribution in [0, 0.1) is 11.3 Å². The van der Waals surface area contributed by atoms with Crippen LogP contribution in [-0.2, 0) is 22.7 Å². The molecule has 0 heterocycles. The molecule has 1 aliphatic rings. The smallest absolute Gasteiger partial charge is 0.00199 e. The van der Waals surface area contributed by atoms with Gasteiger partial charge in [0, 0.05) is 0 Å². The summed E-state index contributed by atoms with van der Waals surface area (Å²) in [6, 6.07) is 31.8. The van der Waals surface area contributed by atoms with Crippen molar-refractivity contribution >= 4 is 70.7 Å². The van der Waals surface area contributed by atoms with Gasteiger partial charge in [-0.15, -0.1) is 0 Å². The van der Waals surface area contributed by atoms with Crippen LogP contribution >= 0.6 is 0 Å². The molecule has 0 fully saturated rings. The Morgan fingerprint density at radius 1 is 0.420 bits per heavy atom. The van der Waals surface area contributed by atoms with Gasteiger partial charge in [0.15, 0.2) is 0 Å². The van der Waals surface area contributed by atoms with E-state index in [0.717, 1.165) is 6.42 Å². The number of hydrogen-bond acceptors (Lipinski definition) is 0. The molecule has 7 aromatic carbocycles. The third-order valence-corrected chi connectivity index (χ3v) is 11.8. The minimum Gasteiger partial charge on any atom is -0.0799 e. The SMILES string of the molecule is CC(C)(C)c1cc2ccc3cc4c(cc3ccc3cc(C(C)(C)C)cc(c1)c23)c1cc2c(c3cc(C(C)(C)C)cc4c31)C=CC(C(C)(C)C)C2. The second-order valence-corrected chi connectivity index (χ2v) is 19.7. The maximum atomic E-state index is 2.55. The lowest BCUT2D eigenvalue weighted by Gasteiger charge is -2.32. The van der Waals surface area contributed by atoms with Gasteiger partial charge in [-0.2, -0.15) is 0 Å². The minimum atomic E-state index is 0.0496. The predicted octanol–water partition coefficient (Wildman–Crippen LogP) is 14.7. The fraction of sp³-hybridized carbons (Fsp3) is 0.360. The molecule has 0 aromatic heterocycles. The summed E-state index contributed by atoms with van der Waals surface area (Å²) in [4.78, 5) is 0. The van der Waals surface area contributed by atoms with Crippen molar-refractivity contribution < 1.29 is 0 Å². The zero-order valence-electron chi connectivity index (χ0n) is 32.4. The molecule has 0 nitrogen and oxygen atoms in total. The molecule has 0 saturated carbocycles. The number of benzene rings is 5. The third-order valence-electron chi connectivity index (χ3n) is 11.8. The molecule has 0 saturated heterocycles. The Labute approximate surface area is 299 Å². The van der Waals surface area contributed by atoms with E-state index in [4.69, 9.17) is 0 Å². The van der Waals surface area contributed by atoms with Crippen molar-refractivity contribution in [2.45, 2.75) is 106 Å². The molecule has 8 rings (SSSR count). The molecule has 7 aromatic rings. The molecular weight excluding hydrogens is 601 g/mol. The fourth-order valence-corrected chi connectivity index (χ4v) is 8.42. The maximum absolute atomic E-state index is 2.55. The summed E-state index contributed by atoms with van der Waals surface area (Å²) in [7, 11) is 0. The van der Waals surface area contributed by atoms with Crippen LogP contribution in [0.3, 0.4) is 0 Å². The van der Waals surface area contributed by atoms with Gasteiger partial charge in [0.2, 0.25) is 0 Å². The number of rotatable bonds is 0. The van der Waals surface area contributed by atoms with Gasteiger partial charge >= 0.3 is 0 Å². The van der Waals surface area contributed by atoms with E-state index in [1.54, 1.807) is 0 Å². The van der Waals surface area contributed by atoms with Gasteiger partial charge in [-0.05, 0) is 157 Å². The summed E-state index contributed by atoms with van der Waals surface area (Å²) in [6.07, 6.45) is 6.01. The molecule has 0 bridgehead atoms. The van der Waals surface area contributed by atoms with E-state index in [2.05, 4.69) is 174 Å². The molecule has 1 unspecified atom stereocenters. The van der Waals surface area contributed by atoms with Crippen molar-refractivity contribution in [2.24, 2.45) is 11.3 Å². The summed E-state index contributed by atoms with van der Waals surface area (Å²) < 4.78 is 0. The Morgan fingerprint density at radius 2 is 0.860 bits per heavy atom. The third kappa shape index (κ3) is 5.33. The average Bonchev–Trinajstić information content (AvgIpc) is 3.35. The largest absolute Gasteiger partial charge is 0.0799 e. The summed E-state index contributed by atoms with van der Waals surface area (Å²) in [6.45, 7) is 28.2. The highest BCUT2D eigenvalue weighted by atomic mass is 14.3. The molecule has 0 aliphatic heterocycles. The maximum Gasteiger partial charge on any atom is -0.00199 e. The van der Waals surface area contributed by atoms with E-state index in [1.165, 1.54) is 92.5 Å². The summed E-state index contributed by atoms with van der Waals surface area (Å²) in [5, 5.41) is 16.2. The first-order chi connectivity index (χ1) is 23.3. The lowest BCUT2D eigenvalue weighted by Crippen LogP contribution is -2.22. The van der Waals surface area contributed by atoms with Crippen molar-refractivity contribution in [1.82, 2.24) is 0 Å². The average molecular weight is 655 g/mol. The Morgan fingerprint density at radius 3 is 1.36 bits per heavy atom. The highest BCUT2D eigenvalue weighted by molar-refractivity contribution is 6.33. The lowest BCUT2D eigenvalue weighted by atomic mass is 9.73. The molecule has 0 radical (unpaired) electrons. The molecule has 254 valence electrons. The van der Waals surface area contributed by atoms with Crippen molar-refractivity contribution in [3.05, 3.63) is 113 Å². The van der Waals surface area contributed by atoms with Crippen LogP contribution < -0.4 is 0 Å². The molecule has 0 heteroatoms. The van der Waals surface area contributed by atoms with Gasteiger partial charge in [-0.3, -0.25) is 0 Å². The summed E-state index contributed by atoms with van der Waals surface area (Å²) in [5.74, 6) is 0.527. The molecule has 0 amide bonds. The lowest BCUT2D eigenvalue weighted by molar-refractivity contribution is 0.291. The number of hydrogen-bond donors (Lipinski definition) is 0. The van der Waals surface area contributed by atoms with Gasteiger partial charge in [-0.1, -0.05) is 144 Å². The van der Waals surface area contributed by atoms with Crippen LogP contribution in [0.25, 0.3) is 70.7 Å². The second-order valence-electron chi connectivity index (χ2n) is 19.7. The topological polar surface area (TPSA) is 0 Å². The normalized spacial score (nSPS) is 16.0. The molecule has 50 heavy (non-hydrogen) atoms. The molecule has 1 atom stereocenters. The van der Waals surface area contributed by atoms with Crippen LogP contribution in [-0.4, -0.2) is 0 Å².